The van der Waals surface area contributed by atoms with Crippen LogP contribution in [0.3, 0.4) is 0 Å². The fraction of sp³-hybridized carbons (Fsp3) is 0.250. The Morgan fingerprint density at radius 1 is 1.06 bits per heavy atom. The molecule has 1 heterocycles. The Hall–Kier alpha value is -2.87. The van der Waals surface area contributed by atoms with Crippen LogP contribution in [0.2, 0.25) is 5.02 Å². The Balaban J connectivity index is 1.48. The summed E-state index contributed by atoms with van der Waals surface area (Å²) in [7, 11) is 1.53. The third-order valence-electron chi connectivity index (χ3n) is 5.36. The molecule has 0 fully saturated rings. The van der Waals surface area contributed by atoms with Crippen molar-refractivity contribution in [3.8, 4) is 5.75 Å². The Morgan fingerprint density at radius 2 is 1.84 bits per heavy atom. The van der Waals surface area contributed by atoms with E-state index in [1.807, 2.05) is 36.4 Å². The van der Waals surface area contributed by atoms with Crippen molar-refractivity contribution in [3.63, 3.8) is 0 Å². The van der Waals surface area contributed by atoms with Crippen LogP contribution in [0.5, 0.6) is 5.75 Å². The van der Waals surface area contributed by atoms with Gasteiger partial charge in [0.2, 0.25) is 5.91 Å². The standard InChI is InChI=1S/C24H24ClN3O3S/c1-31-19-12-11-17(14-18(19)25)26-24(30)22(15-7-3-2-4-8-15)27-28-23(29)21-13-16-9-5-6-10-20(16)32-21/h2-4,7-8,11-14,22,27H,5-6,9-10H2,1H3,(H,26,30)(H,28,29). The highest BCUT2D eigenvalue weighted by atomic mass is 35.5. The van der Waals surface area contributed by atoms with E-state index in [2.05, 4.69) is 16.2 Å². The molecule has 6 nitrogen and oxygen atoms in total. The number of anilines is 1. The van der Waals surface area contributed by atoms with Crippen LogP contribution in [0.4, 0.5) is 5.69 Å². The number of thiophene rings is 1. The normalized spacial score (nSPS) is 13.7. The maximum atomic E-state index is 13.1. The number of methoxy groups -OCH3 is 1. The van der Waals surface area contributed by atoms with E-state index in [1.165, 1.54) is 35.3 Å². The number of aryl methyl sites for hydroxylation is 2. The lowest BCUT2D eigenvalue weighted by atomic mass is 9.99. The van der Waals surface area contributed by atoms with E-state index in [1.54, 1.807) is 18.2 Å². The minimum absolute atomic E-state index is 0.245. The minimum Gasteiger partial charge on any atom is -0.495 e. The molecule has 1 aliphatic carbocycles. The van der Waals surface area contributed by atoms with Gasteiger partial charge in [0.1, 0.15) is 11.8 Å². The highest BCUT2D eigenvalue weighted by molar-refractivity contribution is 7.14. The smallest absolute Gasteiger partial charge is 0.275 e. The van der Waals surface area contributed by atoms with E-state index in [-0.39, 0.29) is 11.8 Å². The molecule has 1 aromatic heterocycles. The van der Waals surface area contributed by atoms with Gasteiger partial charge in [-0.05, 0) is 61.1 Å². The molecule has 0 saturated carbocycles. The Kier molecular flexibility index (Phi) is 7.09. The number of amides is 2. The fourth-order valence-electron chi connectivity index (χ4n) is 3.71. The van der Waals surface area contributed by atoms with Crippen molar-refractivity contribution in [3.05, 3.63) is 80.5 Å². The van der Waals surface area contributed by atoms with Gasteiger partial charge in [-0.3, -0.25) is 15.0 Å². The Labute approximate surface area is 195 Å². The number of halogens is 1. The van der Waals surface area contributed by atoms with Gasteiger partial charge in [-0.15, -0.1) is 11.3 Å². The highest BCUT2D eigenvalue weighted by Gasteiger charge is 2.23. The number of hydrogen-bond acceptors (Lipinski definition) is 5. The number of hydrazine groups is 1. The number of benzene rings is 2. The largest absolute Gasteiger partial charge is 0.495 e. The molecule has 0 spiro atoms. The Bertz CT molecular complexity index is 1090. The summed E-state index contributed by atoms with van der Waals surface area (Å²) in [6, 6.07) is 15.4. The molecule has 0 radical (unpaired) electrons. The van der Waals surface area contributed by atoms with Gasteiger partial charge in [0.25, 0.3) is 5.91 Å². The third-order valence-corrected chi connectivity index (χ3v) is 6.90. The maximum Gasteiger partial charge on any atom is 0.275 e. The summed E-state index contributed by atoms with van der Waals surface area (Å²) in [6.45, 7) is 0. The summed E-state index contributed by atoms with van der Waals surface area (Å²) in [5.41, 5.74) is 8.14. The average Bonchev–Trinajstić information content (AvgIpc) is 3.24. The maximum absolute atomic E-state index is 13.1. The molecule has 1 aliphatic rings. The van der Waals surface area contributed by atoms with Gasteiger partial charge < -0.3 is 10.1 Å². The molecule has 1 atom stereocenters. The number of ether oxygens (including phenoxy) is 1. The molecule has 0 saturated heterocycles. The number of nitrogens with one attached hydrogen (secondary N) is 3. The van der Waals surface area contributed by atoms with E-state index in [0.29, 0.717) is 21.3 Å². The number of fused-ring (bicyclic) bond motifs is 1. The first kappa shape index (κ1) is 22.3. The van der Waals surface area contributed by atoms with E-state index < -0.39 is 6.04 Å². The lowest BCUT2D eigenvalue weighted by Crippen LogP contribution is -2.44. The van der Waals surface area contributed by atoms with E-state index in [0.717, 1.165) is 24.8 Å². The lowest BCUT2D eigenvalue weighted by molar-refractivity contribution is -0.118. The second kappa shape index (κ2) is 10.2. The first-order chi connectivity index (χ1) is 15.5. The number of rotatable bonds is 7. The van der Waals surface area contributed by atoms with Crippen molar-refractivity contribution < 1.29 is 14.3 Å². The molecule has 3 N–H and O–H groups in total. The molecule has 8 heteroatoms. The topological polar surface area (TPSA) is 79.5 Å². The van der Waals surface area contributed by atoms with Gasteiger partial charge in [-0.1, -0.05) is 41.9 Å². The molecule has 32 heavy (non-hydrogen) atoms. The van der Waals surface area contributed by atoms with Crippen molar-refractivity contribution in [2.75, 3.05) is 12.4 Å². The van der Waals surface area contributed by atoms with Crippen LogP contribution in [-0.2, 0) is 17.6 Å². The van der Waals surface area contributed by atoms with Gasteiger partial charge in [-0.2, -0.15) is 0 Å². The fourth-order valence-corrected chi connectivity index (χ4v) is 5.11. The predicted octanol–water partition coefficient (Wildman–Crippen LogP) is 4.90. The predicted molar refractivity (Wildman–Crippen MR) is 127 cm³/mol. The monoisotopic (exact) mass is 469 g/mol. The first-order valence-electron chi connectivity index (χ1n) is 10.4. The molecule has 3 aromatic rings. The van der Waals surface area contributed by atoms with Gasteiger partial charge >= 0.3 is 0 Å². The zero-order valence-corrected chi connectivity index (χ0v) is 19.2. The van der Waals surface area contributed by atoms with Crippen LogP contribution >= 0.6 is 22.9 Å². The second-order valence-electron chi connectivity index (χ2n) is 7.55. The summed E-state index contributed by atoms with van der Waals surface area (Å²) in [6.07, 6.45) is 4.37. The highest BCUT2D eigenvalue weighted by Crippen LogP contribution is 2.30. The molecule has 2 amide bonds. The summed E-state index contributed by atoms with van der Waals surface area (Å²) in [5, 5.41) is 3.24. The second-order valence-corrected chi connectivity index (χ2v) is 9.09. The number of hydrogen-bond donors (Lipinski definition) is 3. The summed E-state index contributed by atoms with van der Waals surface area (Å²) < 4.78 is 5.16. The zero-order chi connectivity index (χ0) is 22.5. The molecule has 166 valence electrons. The number of carbonyl (C=O) groups excluding carboxylic acids is 2. The van der Waals surface area contributed by atoms with Crippen LogP contribution in [0, 0.1) is 0 Å². The Morgan fingerprint density at radius 3 is 2.56 bits per heavy atom. The van der Waals surface area contributed by atoms with Crippen LogP contribution in [0.15, 0.2) is 54.6 Å². The van der Waals surface area contributed by atoms with Crippen LogP contribution in [0.1, 0.15) is 44.6 Å². The zero-order valence-electron chi connectivity index (χ0n) is 17.6. The van der Waals surface area contributed by atoms with Gasteiger partial charge in [-0.25, -0.2) is 5.43 Å². The van der Waals surface area contributed by atoms with Crippen LogP contribution in [-0.4, -0.2) is 18.9 Å². The molecular weight excluding hydrogens is 446 g/mol. The lowest BCUT2D eigenvalue weighted by Gasteiger charge is -2.19. The molecule has 0 aliphatic heterocycles. The van der Waals surface area contributed by atoms with Crippen molar-refractivity contribution >= 4 is 40.4 Å². The molecule has 2 aromatic carbocycles. The minimum atomic E-state index is -0.796. The molecule has 1 unspecified atom stereocenters. The van der Waals surface area contributed by atoms with Crippen molar-refractivity contribution in [2.45, 2.75) is 31.7 Å². The van der Waals surface area contributed by atoms with E-state index in [9.17, 15) is 9.59 Å². The third kappa shape index (κ3) is 5.12. The molecule has 4 rings (SSSR count). The van der Waals surface area contributed by atoms with Gasteiger partial charge in [0, 0.05) is 10.6 Å². The van der Waals surface area contributed by atoms with Crippen LogP contribution < -0.4 is 20.9 Å². The SMILES string of the molecule is COc1ccc(NC(=O)C(NNC(=O)c2cc3c(s2)CCCC3)c2ccccc2)cc1Cl. The van der Waals surface area contributed by atoms with Gasteiger partial charge in [0.15, 0.2) is 0 Å². The van der Waals surface area contributed by atoms with Crippen molar-refractivity contribution in [1.82, 2.24) is 10.9 Å². The van der Waals surface area contributed by atoms with E-state index in [4.69, 9.17) is 16.3 Å². The van der Waals surface area contributed by atoms with Crippen LogP contribution in [0.25, 0.3) is 0 Å². The number of carbonyl (C=O) groups is 2. The van der Waals surface area contributed by atoms with Crippen molar-refractivity contribution in [2.24, 2.45) is 0 Å². The molecular formula is C24H24ClN3O3S. The summed E-state index contributed by atoms with van der Waals surface area (Å²) in [5.74, 6) is -0.0536. The van der Waals surface area contributed by atoms with Crippen molar-refractivity contribution in [1.29, 1.82) is 0 Å². The summed E-state index contributed by atoms with van der Waals surface area (Å²) >= 11 is 7.70. The summed E-state index contributed by atoms with van der Waals surface area (Å²) in [4.78, 5) is 27.8. The average molecular weight is 470 g/mol. The quantitative estimate of drug-likeness (QED) is 0.430. The molecule has 0 bridgehead atoms. The van der Waals surface area contributed by atoms with Gasteiger partial charge in [0.05, 0.1) is 17.0 Å². The van der Waals surface area contributed by atoms with E-state index >= 15 is 0 Å². The first-order valence-corrected chi connectivity index (χ1v) is 11.6.